The van der Waals surface area contributed by atoms with Crippen molar-refractivity contribution in [1.82, 2.24) is 0 Å². The molecule has 0 unspecified atom stereocenters. The number of benzene rings is 1. The Morgan fingerprint density at radius 3 is 2.53 bits per heavy atom. The summed E-state index contributed by atoms with van der Waals surface area (Å²) in [6.07, 6.45) is 4.92. The molecule has 92 valence electrons. The van der Waals surface area contributed by atoms with Gasteiger partial charge in [-0.1, -0.05) is 18.0 Å². The van der Waals surface area contributed by atoms with E-state index in [1.807, 2.05) is 0 Å². The molecular weight excluding hydrogens is 242 g/mol. The summed E-state index contributed by atoms with van der Waals surface area (Å²) >= 11 is 6.13. The Kier molecular flexibility index (Phi) is 3.52. The molecule has 0 bridgehead atoms. The number of halogens is 1. The second kappa shape index (κ2) is 4.92. The van der Waals surface area contributed by atoms with Crippen LogP contribution in [0, 0.1) is 10.1 Å². The molecule has 0 atom stereocenters. The van der Waals surface area contributed by atoms with Crippen LogP contribution in [0.3, 0.4) is 0 Å². The van der Waals surface area contributed by atoms with E-state index in [9.17, 15) is 10.1 Å². The highest BCUT2D eigenvalue weighted by Crippen LogP contribution is 2.40. The van der Waals surface area contributed by atoms with Gasteiger partial charge in [-0.3, -0.25) is 10.1 Å². The summed E-state index contributed by atoms with van der Waals surface area (Å²) in [5.41, 5.74) is 1.91. The highest BCUT2D eigenvalue weighted by molar-refractivity contribution is 6.31. The van der Waals surface area contributed by atoms with Gasteiger partial charge < -0.3 is 4.74 Å². The Balaban J connectivity index is 2.64. The lowest BCUT2D eigenvalue weighted by Crippen LogP contribution is -2.02. The number of nitro benzene ring substituents is 1. The molecule has 17 heavy (non-hydrogen) atoms. The van der Waals surface area contributed by atoms with Gasteiger partial charge in [-0.05, 0) is 31.2 Å². The maximum Gasteiger partial charge on any atom is 0.312 e. The molecule has 0 saturated heterocycles. The second-order valence-electron chi connectivity index (χ2n) is 4.19. The zero-order valence-electron chi connectivity index (χ0n) is 9.66. The highest BCUT2D eigenvalue weighted by atomic mass is 35.5. The zero-order chi connectivity index (χ0) is 12.4. The number of hydrogen-bond donors (Lipinski definition) is 0. The van der Waals surface area contributed by atoms with Gasteiger partial charge in [0.2, 0.25) is 0 Å². The zero-order valence-corrected chi connectivity index (χ0v) is 10.4. The van der Waals surface area contributed by atoms with Gasteiger partial charge in [-0.2, -0.15) is 0 Å². The van der Waals surface area contributed by atoms with E-state index < -0.39 is 4.92 Å². The van der Waals surface area contributed by atoms with Gasteiger partial charge in [0.15, 0.2) is 5.75 Å². The third-order valence-corrected chi connectivity index (χ3v) is 3.51. The summed E-state index contributed by atoms with van der Waals surface area (Å²) in [4.78, 5) is 10.5. The van der Waals surface area contributed by atoms with E-state index >= 15 is 0 Å². The Labute approximate surface area is 105 Å². The fraction of sp³-hybridized carbons (Fsp3) is 0.500. The molecule has 1 aliphatic carbocycles. The predicted octanol–water partition coefficient (Wildman–Crippen LogP) is 3.53. The normalized spacial score (nSPS) is 14.9. The summed E-state index contributed by atoms with van der Waals surface area (Å²) in [6.45, 7) is 0. The Bertz CT molecular complexity index is 460. The smallest absolute Gasteiger partial charge is 0.312 e. The van der Waals surface area contributed by atoms with Crippen molar-refractivity contribution in [1.29, 1.82) is 0 Å². The summed E-state index contributed by atoms with van der Waals surface area (Å²) in [6, 6.07) is 1.41. The first kappa shape index (κ1) is 12.2. The minimum Gasteiger partial charge on any atom is -0.490 e. The van der Waals surface area contributed by atoms with Crippen molar-refractivity contribution in [2.75, 3.05) is 7.11 Å². The number of nitro groups is 1. The van der Waals surface area contributed by atoms with Crippen molar-refractivity contribution in [2.45, 2.75) is 32.1 Å². The molecule has 1 aromatic rings. The van der Waals surface area contributed by atoms with Crippen molar-refractivity contribution < 1.29 is 9.66 Å². The average Bonchev–Trinajstić information content (AvgIpc) is 2.54. The second-order valence-corrected chi connectivity index (χ2v) is 4.59. The Morgan fingerprint density at radius 2 is 1.94 bits per heavy atom. The maximum atomic E-state index is 11.0. The molecule has 0 aliphatic heterocycles. The molecular formula is C12H14ClNO3. The van der Waals surface area contributed by atoms with E-state index in [0.29, 0.717) is 10.8 Å². The highest BCUT2D eigenvalue weighted by Gasteiger charge is 2.25. The van der Waals surface area contributed by atoms with Crippen LogP contribution >= 0.6 is 11.6 Å². The standard InChI is InChI=1S/C12H14ClNO3/c1-17-12-9-6-4-2-3-5-8(9)10(13)7-11(12)14(15)16/h7H,2-6H2,1H3. The van der Waals surface area contributed by atoms with Gasteiger partial charge >= 0.3 is 5.69 Å². The summed E-state index contributed by atoms with van der Waals surface area (Å²) in [5, 5.41) is 11.5. The van der Waals surface area contributed by atoms with E-state index in [2.05, 4.69) is 0 Å². The molecule has 0 aromatic heterocycles. The Morgan fingerprint density at radius 1 is 1.29 bits per heavy atom. The third-order valence-electron chi connectivity index (χ3n) is 3.18. The van der Waals surface area contributed by atoms with Crippen LogP contribution in [0.1, 0.15) is 30.4 Å². The average molecular weight is 256 g/mol. The van der Waals surface area contributed by atoms with Crippen molar-refractivity contribution in [3.63, 3.8) is 0 Å². The van der Waals surface area contributed by atoms with E-state index in [4.69, 9.17) is 16.3 Å². The van der Waals surface area contributed by atoms with E-state index in [-0.39, 0.29) is 5.69 Å². The molecule has 0 fully saturated rings. The van der Waals surface area contributed by atoms with Gasteiger partial charge in [0.25, 0.3) is 0 Å². The van der Waals surface area contributed by atoms with Crippen LogP contribution in [0.4, 0.5) is 5.69 Å². The minimum atomic E-state index is -0.435. The van der Waals surface area contributed by atoms with E-state index in [0.717, 1.165) is 43.2 Å². The van der Waals surface area contributed by atoms with Crippen LogP contribution in [0.15, 0.2) is 6.07 Å². The predicted molar refractivity (Wildman–Crippen MR) is 65.9 cm³/mol. The topological polar surface area (TPSA) is 52.4 Å². The summed E-state index contributed by atoms with van der Waals surface area (Å²) in [7, 11) is 1.47. The van der Waals surface area contributed by atoms with Crippen LogP contribution in [-0.4, -0.2) is 12.0 Å². The third kappa shape index (κ3) is 2.22. The fourth-order valence-corrected chi connectivity index (χ4v) is 2.70. The molecule has 0 heterocycles. The molecule has 0 radical (unpaired) electrons. The number of rotatable bonds is 2. The van der Waals surface area contributed by atoms with Gasteiger partial charge in [0.05, 0.1) is 17.1 Å². The van der Waals surface area contributed by atoms with Crippen molar-refractivity contribution >= 4 is 17.3 Å². The molecule has 0 spiro atoms. The molecule has 4 nitrogen and oxygen atoms in total. The van der Waals surface area contributed by atoms with Gasteiger partial charge in [0.1, 0.15) is 0 Å². The van der Waals surface area contributed by atoms with Crippen molar-refractivity contribution in [3.05, 3.63) is 32.3 Å². The SMILES string of the molecule is COc1c([N+](=O)[O-])cc(Cl)c2c1CCCCC2. The molecule has 0 saturated carbocycles. The van der Waals surface area contributed by atoms with Gasteiger partial charge in [0, 0.05) is 11.6 Å². The first-order valence-corrected chi connectivity index (χ1v) is 6.05. The van der Waals surface area contributed by atoms with Crippen LogP contribution in [0.5, 0.6) is 5.75 Å². The molecule has 5 heteroatoms. The molecule has 0 amide bonds. The van der Waals surface area contributed by atoms with Gasteiger partial charge in [-0.25, -0.2) is 0 Å². The molecule has 1 aromatic carbocycles. The lowest BCUT2D eigenvalue weighted by molar-refractivity contribution is -0.385. The first-order valence-electron chi connectivity index (χ1n) is 5.67. The van der Waals surface area contributed by atoms with Crippen molar-refractivity contribution in [2.24, 2.45) is 0 Å². The van der Waals surface area contributed by atoms with Crippen LogP contribution in [0.25, 0.3) is 0 Å². The van der Waals surface area contributed by atoms with Gasteiger partial charge in [-0.15, -0.1) is 0 Å². The number of hydrogen-bond acceptors (Lipinski definition) is 3. The number of nitrogens with zero attached hydrogens (tertiary/aromatic N) is 1. The molecule has 2 rings (SSSR count). The van der Waals surface area contributed by atoms with E-state index in [1.54, 1.807) is 0 Å². The lowest BCUT2D eigenvalue weighted by atomic mass is 10.0. The minimum absolute atomic E-state index is 0.0295. The first-order chi connectivity index (χ1) is 8.15. The number of methoxy groups -OCH3 is 1. The largest absolute Gasteiger partial charge is 0.490 e. The molecule has 1 aliphatic rings. The van der Waals surface area contributed by atoms with Crippen LogP contribution in [-0.2, 0) is 12.8 Å². The quantitative estimate of drug-likeness (QED) is 0.461. The number of ether oxygens (including phenoxy) is 1. The maximum absolute atomic E-state index is 11.0. The van der Waals surface area contributed by atoms with E-state index in [1.165, 1.54) is 13.2 Å². The summed E-state index contributed by atoms with van der Waals surface area (Å²) < 4.78 is 5.22. The summed E-state index contributed by atoms with van der Waals surface area (Å²) in [5.74, 6) is 0.385. The molecule has 0 N–H and O–H groups in total. The Hall–Kier alpha value is -1.29. The monoisotopic (exact) mass is 255 g/mol. The van der Waals surface area contributed by atoms with Crippen LogP contribution in [0.2, 0.25) is 5.02 Å². The lowest BCUT2D eigenvalue weighted by Gasteiger charge is -2.13. The van der Waals surface area contributed by atoms with Crippen LogP contribution < -0.4 is 4.74 Å². The fourth-order valence-electron chi connectivity index (χ4n) is 2.39. The number of fused-ring (bicyclic) bond motifs is 1. The van der Waals surface area contributed by atoms with Crippen molar-refractivity contribution in [3.8, 4) is 5.75 Å².